The lowest BCUT2D eigenvalue weighted by molar-refractivity contribution is -0.121. The summed E-state index contributed by atoms with van der Waals surface area (Å²) in [6.45, 7) is 4.26. The molecule has 180 valence electrons. The van der Waals surface area contributed by atoms with E-state index < -0.39 is 10.0 Å². The number of benzene rings is 2. The molecule has 0 aromatic heterocycles. The molecule has 1 atom stereocenters. The number of nitrogens with zero attached hydrogens (tertiary/aromatic N) is 1. The van der Waals surface area contributed by atoms with Crippen molar-refractivity contribution in [2.75, 3.05) is 57.4 Å². The fourth-order valence-electron chi connectivity index (χ4n) is 4.00. The minimum absolute atomic E-state index is 0.0536. The number of carbonyl (C=O) groups is 1. The SMILES string of the molecule is COCCNCC(=O)NC(CN1CCCC1)c1ccc(-c2ccccc2NS(C)(=O)=O)cc1. The summed E-state index contributed by atoms with van der Waals surface area (Å²) in [7, 11) is -1.75. The lowest BCUT2D eigenvalue weighted by Gasteiger charge is -2.25. The van der Waals surface area contributed by atoms with Gasteiger partial charge < -0.3 is 20.3 Å². The molecule has 2 aromatic rings. The number of ether oxygens (including phenoxy) is 1. The van der Waals surface area contributed by atoms with Crippen molar-refractivity contribution >= 4 is 21.6 Å². The van der Waals surface area contributed by atoms with Gasteiger partial charge >= 0.3 is 0 Å². The number of sulfonamides is 1. The highest BCUT2D eigenvalue weighted by Crippen LogP contribution is 2.30. The summed E-state index contributed by atoms with van der Waals surface area (Å²) in [6.07, 6.45) is 3.51. The first-order valence-electron chi connectivity index (χ1n) is 11.2. The summed E-state index contributed by atoms with van der Waals surface area (Å²) in [4.78, 5) is 14.9. The highest BCUT2D eigenvalue weighted by molar-refractivity contribution is 7.92. The van der Waals surface area contributed by atoms with Crippen LogP contribution >= 0.6 is 0 Å². The summed E-state index contributed by atoms with van der Waals surface area (Å²) in [5, 5.41) is 6.25. The molecule has 33 heavy (non-hydrogen) atoms. The largest absolute Gasteiger partial charge is 0.383 e. The second kappa shape index (κ2) is 12.1. The van der Waals surface area contributed by atoms with E-state index in [4.69, 9.17) is 4.74 Å². The van der Waals surface area contributed by atoms with Gasteiger partial charge in [0.15, 0.2) is 0 Å². The zero-order valence-corrected chi connectivity index (χ0v) is 20.2. The van der Waals surface area contributed by atoms with Gasteiger partial charge in [-0.3, -0.25) is 9.52 Å². The maximum absolute atomic E-state index is 12.5. The quantitative estimate of drug-likeness (QED) is 0.408. The van der Waals surface area contributed by atoms with E-state index in [1.165, 1.54) is 12.8 Å². The predicted octanol–water partition coefficient (Wildman–Crippen LogP) is 2.21. The molecule has 3 rings (SSSR count). The summed E-state index contributed by atoms with van der Waals surface area (Å²) >= 11 is 0. The number of likely N-dealkylation sites (tertiary alicyclic amines) is 1. The maximum atomic E-state index is 12.5. The van der Waals surface area contributed by atoms with Gasteiger partial charge in [-0.2, -0.15) is 0 Å². The van der Waals surface area contributed by atoms with Gasteiger partial charge in [0.1, 0.15) is 0 Å². The second-order valence-electron chi connectivity index (χ2n) is 8.34. The molecule has 0 spiro atoms. The van der Waals surface area contributed by atoms with Crippen LogP contribution < -0.4 is 15.4 Å². The highest BCUT2D eigenvalue weighted by atomic mass is 32.2. The van der Waals surface area contributed by atoms with Crippen molar-refractivity contribution in [3.05, 3.63) is 54.1 Å². The van der Waals surface area contributed by atoms with Gasteiger partial charge in [0, 0.05) is 25.8 Å². The fourth-order valence-corrected chi connectivity index (χ4v) is 4.58. The van der Waals surface area contributed by atoms with Gasteiger partial charge in [-0.05, 0) is 43.1 Å². The van der Waals surface area contributed by atoms with Crippen molar-refractivity contribution in [3.8, 4) is 11.1 Å². The number of carbonyl (C=O) groups excluding carboxylic acids is 1. The first-order chi connectivity index (χ1) is 15.9. The predicted molar refractivity (Wildman–Crippen MR) is 132 cm³/mol. The van der Waals surface area contributed by atoms with Crippen LogP contribution in [0.5, 0.6) is 0 Å². The Hall–Kier alpha value is -2.46. The third-order valence-electron chi connectivity index (χ3n) is 5.59. The Morgan fingerprint density at radius 3 is 2.45 bits per heavy atom. The van der Waals surface area contributed by atoms with Gasteiger partial charge in [-0.25, -0.2) is 8.42 Å². The van der Waals surface area contributed by atoms with Crippen LogP contribution in [-0.4, -0.2) is 71.9 Å². The first-order valence-corrected chi connectivity index (χ1v) is 13.1. The van der Waals surface area contributed by atoms with E-state index in [-0.39, 0.29) is 18.5 Å². The van der Waals surface area contributed by atoms with E-state index in [9.17, 15) is 13.2 Å². The van der Waals surface area contributed by atoms with E-state index in [2.05, 4.69) is 20.3 Å². The van der Waals surface area contributed by atoms with E-state index in [0.717, 1.165) is 42.6 Å². The van der Waals surface area contributed by atoms with Crippen LogP contribution in [0.1, 0.15) is 24.4 Å². The van der Waals surface area contributed by atoms with E-state index in [0.29, 0.717) is 18.8 Å². The van der Waals surface area contributed by atoms with Gasteiger partial charge in [0.25, 0.3) is 0 Å². The number of amides is 1. The number of para-hydroxylation sites is 1. The van der Waals surface area contributed by atoms with Crippen molar-refractivity contribution in [1.29, 1.82) is 0 Å². The summed E-state index contributed by atoms with van der Waals surface area (Å²) in [5.74, 6) is -0.0536. The number of anilines is 1. The Morgan fingerprint density at radius 1 is 1.09 bits per heavy atom. The van der Waals surface area contributed by atoms with Gasteiger partial charge in [0.05, 0.1) is 31.1 Å². The third kappa shape index (κ3) is 8.12. The average Bonchev–Trinajstić information content (AvgIpc) is 3.29. The van der Waals surface area contributed by atoms with Crippen LogP contribution in [0.3, 0.4) is 0 Å². The van der Waals surface area contributed by atoms with Crippen molar-refractivity contribution in [3.63, 3.8) is 0 Å². The molecule has 1 unspecified atom stereocenters. The molecule has 0 bridgehead atoms. The summed E-state index contributed by atoms with van der Waals surface area (Å²) in [6, 6.07) is 15.1. The highest BCUT2D eigenvalue weighted by Gasteiger charge is 2.21. The minimum atomic E-state index is -3.38. The Bertz CT molecular complexity index is 1010. The van der Waals surface area contributed by atoms with E-state index in [1.807, 2.05) is 36.4 Å². The van der Waals surface area contributed by atoms with E-state index in [1.54, 1.807) is 19.2 Å². The zero-order chi connectivity index (χ0) is 23.7. The standard InChI is InChI=1S/C24H34N4O4S/c1-32-16-13-25-17-24(29)26-23(18-28-14-5-6-15-28)20-11-9-19(10-12-20)21-7-3-4-8-22(21)27-33(2,30)31/h3-4,7-12,23,25,27H,5-6,13-18H2,1-2H3,(H,26,29). The fraction of sp³-hybridized carbons (Fsp3) is 0.458. The molecule has 2 aromatic carbocycles. The zero-order valence-electron chi connectivity index (χ0n) is 19.3. The summed E-state index contributed by atoms with van der Waals surface area (Å²) in [5.41, 5.74) is 3.26. The number of rotatable bonds is 12. The van der Waals surface area contributed by atoms with Gasteiger partial charge in [-0.1, -0.05) is 42.5 Å². The van der Waals surface area contributed by atoms with E-state index >= 15 is 0 Å². The molecule has 8 nitrogen and oxygen atoms in total. The lowest BCUT2D eigenvalue weighted by Crippen LogP contribution is -2.41. The first kappa shape index (κ1) is 25.2. The number of nitrogens with one attached hydrogen (secondary N) is 3. The van der Waals surface area contributed by atoms with Gasteiger partial charge in [-0.15, -0.1) is 0 Å². The molecule has 0 aliphatic carbocycles. The molecule has 1 amide bonds. The molecule has 1 saturated heterocycles. The monoisotopic (exact) mass is 474 g/mol. The Balaban J connectivity index is 1.75. The Morgan fingerprint density at radius 2 is 1.79 bits per heavy atom. The Labute approximate surface area is 196 Å². The topological polar surface area (TPSA) is 99.8 Å². The molecule has 9 heteroatoms. The normalized spacial score (nSPS) is 15.3. The lowest BCUT2D eigenvalue weighted by atomic mass is 9.99. The number of methoxy groups -OCH3 is 1. The molecule has 1 heterocycles. The molecule has 1 aliphatic heterocycles. The maximum Gasteiger partial charge on any atom is 0.234 e. The molecule has 0 radical (unpaired) electrons. The minimum Gasteiger partial charge on any atom is -0.383 e. The molecular weight excluding hydrogens is 440 g/mol. The average molecular weight is 475 g/mol. The van der Waals surface area contributed by atoms with Crippen LogP contribution in [0.25, 0.3) is 11.1 Å². The smallest absolute Gasteiger partial charge is 0.234 e. The van der Waals surface area contributed by atoms with Crippen LogP contribution in [0, 0.1) is 0 Å². The molecular formula is C24H34N4O4S. The van der Waals surface area contributed by atoms with Crippen LogP contribution in [-0.2, 0) is 19.6 Å². The molecule has 0 saturated carbocycles. The van der Waals surface area contributed by atoms with Crippen LogP contribution in [0.2, 0.25) is 0 Å². The molecule has 3 N–H and O–H groups in total. The van der Waals surface area contributed by atoms with Crippen molar-refractivity contribution in [2.24, 2.45) is 0 Å². The molecule has 1 fully saturated rings. The van der Waals surface area contributed by atoms with Crippen molar-refractivity contribution in [2.45, 2.75) is 18.9 Å². The second-order valence-corrected chi connectivity index (χ2v) is 10.1. The third-order valence-corrected chi connectivity index (χ3v) is 6.18. The van der Waals surface area contributed by atoms with Crippen LogP contribution in [0.15, 0.2) is 48.5 Å². The Kier molecular flexibility index (Phi) is 9.25. The van der Waals surface area contributed by atoms with Crippen molar-refractivity contribution < 1.29 is 17.9 Å². The van der Waals surface area contributed by atoms with Gasteiger partial charge in [0.2, 0.25) is 15.9 Å². The van der Waals surface area contributed by atoms with Crippen LogP contribution in [0.4, 0.5) is 5.69 Å². The number of hydrogen-bond donors (Lipinski definition) is 3. The van der Waals surface area contributed by atoms with Crippen molar-refractivity contribution in [1.82, 2.24) is 15.5 Å². The molecule has 1 aliphatic rings. The number of hydrogen-bond acceptors (Lipinski definition) is 6. The summed E-state index contributed by atoms with van der Waals surface area (Å²) < 4.78 is 31.1.